The molecule has 1 aliphatic rings. The first-order valence-electron chi connectivity index (χ1n) is 9.85. The minimum atomic E-state index is -4.61. The minimum Gasteiger partial charge on any atom is -0.493 e. The van der Waals surface area contributed by atoms with Gasteiger partial charge in [0.1, 0.15) is 10.8 Å². The summed E-state index contributed by atoms with van der Waals surface area (Å²) in [5.74, 6) is -0.624. The van der Waals surface area contributed by atoms with Crippen LogP contribution in [0.4, 0.5) is 13.2 Å². The number of thiazole rings is 1. The van der Waals surface area contributed by atoms with E-state index in [9.17, 15) is 18.0 Å². The van der Waals surface area contributed by atoms with E-state index in [-0.39, 0.29) is 6.54 Å². The van der Waals surface area contributed by atoms with Gasteiger partial charge in [0.05, 0.1) is 6.61 Å². The van der Waals surface area contributed by atoms with E-state index in [1.165, 1.54) is 11.3 Å². The minimum absolute atomic E-state index is 0.0124. The Bertz CT molecular complexity index is 1100. The van der Waals surface area contributed by atoms with Crippen molar-refractivity contribution in [2.75, 3.05) is 19.7 Å². The summed E-state index contributed by atoms with van der Waals surface area (Å²) in [6, 6.07) is 5.22. The van der Waals surface area contributed by atoms with Crippen LogP contribution in [0.1, 0.15) is 26.6 Å². The van der Waals surface area contributed by atoms with Gasteiger partial charge in [-0.15, -0.1) is 11.3 Å². The van der Waals surface area contributed by atoms with E-state index in [2.05, 4.69) is 25.6 Å². The van der Waals surface area contributed by atoms with Crippen LogP contribution in [0.3, 0.4) is 0 Å². The number of hydrogen-bond acceptors (Lipinski definition) is 7. The lowest BCUT2D eigenvalue weighted by molar-refractivity contribution is -0.145. The van der Waals surface area contributed by atoms with Crippen molar-refractivity contribution < 1.29 is 22.7 Å². The smallest absolute Gasteiger partial charge is 0.451 e. The van der Waals surface area contributed by atoms with Gasteiger partial charge in [0, 0.05) is 65.7 Å². The van der Waals surface area contributed by atoms with Crippen LogP contribution in [-0.4, -0.2) is 40.6 Å². The molecule has 0 spiro atoms. The number of ether oxygens (including phenoxy) is 1. The maximum atomic E-state index is 12.8. The van der Waals surface area contributed by atoms with E-state index in [4.69, 9.17) is 4.74 Å². The zero-order valence-corrected chi connectivity index (χ0v) is 17.9. The number of amides is 1. The normalized spacial score (nSPS) is 14.1. The van der Waals surface area contributed by atoms with E-state index in [0.717, 1.165) is 40.9 Å². The molecule has 11 heteroatoms. The summed E-state index contributed by atoms with van der Waals surface area (Å²) in [6.07, 6.45) is -0.752. The highest BCUT2D eigenvalue weighted by atomic mass is 32.1. The molecule has 2 N–H and O–H groups in total. The van der Waals surface area contributed by atoms with Crippen molar-refractivity contribution in [1.29, 1.82) is 0 Å². The highest BCUT2D eigenvalue weighted by molar-refractivity contribution is 7.14. The number of carbonyl (C=O) groups excluding carboxylic acids is 1. The third-order valence-corrected chi connectivity index (χ3v) is 5.76. The van der Waals surface area contributed by atoms with Crippen molar-refractivity contribution in [2.24, 2.45) is 5.92 Å². The molecular formula is C21H20F3N5O2S. The molecule has 32 heavy (non-hydrogen) atoms. The molecule has 7 nitrogen and oxygen atoms in total. The van der Waals surface area contributed by atoms with Crippen LogP contribution in [0.15, 0.2) is 36.8 Å². The first kappa shape index (κ1) is 22.2. The van der Waals surface area contributed by atoms with Gasteiger partial charge in [0.25, 0.3) is 5.91 Å². The van der Waals surface area contributed by atoms with Gasteiger partial charge in [-0.2, -0.15) is 13.2 Å². The molecule has 0 radical (unpaired) electrons. The Hall–Kier alpha value is -3.05. The van der Waals surface area contributed by atoms with E-state index < -0.39 is 17.9 Å². The molecular weight excluding hydrogens is 443 g/mol. The molecule has 0 aliphatic carbocycles. The molecule has 1 fully saturated rings. The van der Waals surface area contributed by atoms with Crippen molar-refractivity contribution in [3.63, 3.8) is 0 Å². The molecule has 0 saturated carbocycles. The monoisotopic (exact) mass is 463 g/mol. The molecule has 3 heterocycles. The lowest BCUT2D eigenvalue weighted by Crippen LogP contribution is -2.45. The fraction of sp³-hybridized carbons (Fsp3) is 0.333. The highest BCUT2D eigenvalue weighted by Gasteiger charge is 2.34. The van der Waals surface area contributed by atoms with Crippen molar-refractivity contribution in [3.8, 4) is 16.3 Å². The average Bonchev–Trinajstić information content (AvgIpc) is 3.17. The fourth-order valence-corrected chi connectivity index (χ4v) is 3.73. The van der Waals surface area contributed by atoms with Gasteiger partial charge in [-0.25, -0.2) is 15.0 Å². The number of alkyl halides is 3. The topological polar surface area (TPSA) is 89.0 Å². The predicted molar refractivity (Wildman–Crippen MR) is 112 cm³/mol. The summed E-state index contributed by atoms with van der Waals surface area (Å²) in [5.41, 5.74) is 1.48. The number of nitrogens with one attached hydrogen (secondary N) is 2. The quantitative estimate of drug-likeness (QED) is 0.558. The van der Waals surface area contributed by atoms with Crippen LogP contribution in [0.2, 0.25) is 0 Å². The molecule has 1 amide bonds. The van der Waals surface area contributed by atoms with Gasteiger partial charge < -0.3 is 15.4 Å². The summed E-state index contributed by atoms with van der Waals surface area (Å²) in [6.45, 7) is 4.27. The number of aryl methyl sites for hydroxylation is 1. The first-order valence-corrected chi connectivity index (χ1v) is 10.7. The van der Waals surface area contributed by atoms with Crippen molar-refractivity contribution >= 4 is 17.2 Å². The third kappa shape index (κ3) is 5.40. The second-order valence-electron chi connectivity index (χ2n) is 7.45. The SMILES string of the molecule is Cc1cnc(-c2cc(OCC3CNC3)cc(C(=O)NCc3cnc(C(F)(F)F)nc3)c2)s1. The largest absolute Gasteiger partial charge is 0.493 e. The Morgan fingerprint density at radius 1 is 1.19 bits per heavy atom. The summed E-state index contributed by atoms with van der Waals surface area (Å²) < 4.78 is 43.7. The standard InChI is InChI=1S/C21H20F3N5O2S/c1-12-5-27-19(32-12)16-2-15(3-17(4-16)31-11-14-6-25-7-14)18(30)26-8-13-9-28-20(29-10-13)21(22,23)24/h2-5,9-10,14,25H,6-8,11H2,1H3,(H,26,30). The van der Waals surface area contributed by atoms with E-state index in [1.54, 1.807) is 18.3 Å². The molecule has 1 aromatic carbocycles. The Morgan fingerprint density at radius 3 is 2.53 bits per heavy atom. The van der Waals surface area contributed by atoms with Crippen LogP contribution in [0.25, 0.3) is 10.6 Å². The summed E-state index contributed by atoms with van der Waals surface area (Å²) in [4.78, 5) is 24.8. The van der Waals surface area contributed by atoms with Crippen LogP contribution in [0.5, 0.6) is 5.75 Å². The predicted octanol–water partition coefficient (Wildman–Crippen LogP) is 3.46. The zero-order valence-electron chi connectivity index (χ0n) is 17.1. The Labute approximate surface area is 186 Å². The molecule has 1 saturated heterocycles. The van der Waals surface area contributed by atoms with E-state index in [1.807, 2.05) is 13.0 Å². The number of benzene rings is 1. The molecule has 0 unspecified atom stereocenters. The molecule has 0 atom stereocenters. The Morgan fingerprint density at radius 2 is 1.94 bits per heavy atom. The highest BCUT2D eigenvalue weighted by Crippen LogP contribution is 2.30. The number of nitrogens with zero attached hydrogens (tertiary/aromatic N) is 3. The van der Waals surface area contributed by atoms with Gasteiger partial charge in [0.15, 0.2) is 0 Å². The molecule has 2 aromatic heterocycles. The first-order chi connectivity index (χ1) is 15.3. The van der Waals surface area contributed by atoms with Crippen molar-refractivity contribution in [3.05, 3.63) is 58.6 Å². The lowest BCUT2D eigenvalue weighted by atomic mass is 10.1. The van der Waals surface area contributed by atoms with Crippen molar-refractivity contribution in [1.82, 2.24) is 25.6 Å². The third-order valence-electron chi connectivity index (χ3n) is 4.80. The van der Waals surface area contributed by atoms with Crippen LogP contribution in [0, 0.1) is 12.8 Å². The van der Waals surface area contributed by atoms with Gasteiger partial charge >= 0.3 is 6.18 Å². The van der Waals surface area contributed by atoms with Crippen molar-refractivity contribution in [2.45, 2.75) is 19.6 Å². The van der Waals surface area contributed by atoms with Gasteiger partial charge in [-0.05, 0) is 25.1 Å². The van der Waals surface area contributed by atoms with Gasteiger partial charge in [-0.1, -0.05) is 0 Å². The summed E-state index contributed by atoms with van der Waals surface area (Å²) in [7, 11) is 0. The van der Waals surface area contributed by atoms with E-state index >= 15 is 0 Å². The van der Waals surface area contributed by atoms with Gasteiger partial charge in [-0.3, -0.25) is 4.79 Å². The number of carbonyl (C=O) groups is 1. The molecule has 3 aromatic rings. The summed E-state index contributed by atoms with van der Waals surface area (Å²) in [5, 5.41) is 6.64. The van der Waals surface area contributed by atoms with Crippen LogP contribution >= 0.6 is 11.3 Å². The number of rotatable bonds is 7. The number of aromatic nitrogens is 3. The zero-order chi connectivity index (χ0) is 22.7. The molecule has 0 bridgehead atoms. The van der Waals surface area contributed by atoms with Crippen LogP contribution in [-0.2, 0) is 12.7 Å². The Balaban J connectivity index is 1.49. The van der Waals surface area contributed by atoms with Crippen LogP contribution < -0.4 is 15.4 Å². The number of halogens is 3. The summed E-state index contributed by atoms with van der Waals surface area (Å²) >= 11 is 1.51. The maximum absolute atomic E-state index is 12.8. The Kier molecular flexibility index (Phi) is 6.38. The second-order valence-corrected chi connectivity index (χ2v) is 8.69. The maximum Gasteiger partial charge on any atom is 0.451 e. The molecule has 168 valence electrons. The molecule has 1 aliphatic heterocycles. The van der Waals surface area contributed by atoms with E-state index in [0.29, 0.717) is 29.4 Å². The average molecular weight is 463 g/mol. The lowest BCUT2D eigenvalue weighted by Gasteiger charge is -2.27. The van der Waals surface area contributed by atoms with Gasteiger partial charge in [0.2, 0.25) is 5.82 Å². The second kappa shape index (κ2) is 9.21. The number of hydrogen-bond donors (Lipinski definition) is 2. The molecule has 4 rings (SSSR count). The fourth-order valence-electron chi connectivity index (χ4n) is 2.98.